The predicted octanol–water partition coefficient (Wildman–Crippen LogP) is -0.0104. The first kappa shape index (κ1) is 15.6. The maximum absolute atomic E-state index is 11.8. The van der Waals surface area contributed by atoms with E-state index in [4.69, 9.17) is 5.11 Å². The summed E-state index contributed by atoms with van der Waals surface area (Å²) in [6.45, 7) is 2.49. The molecule has 0 aliphatic heterocycles. The van der Waals surface area contributed by atoms with Crippen molar-refractivity contribution in [2.75, 3.05) is 13.1 Å². The van der Waals surface area contributed by atoms with E-state index in [2.05, 4.69) is 0 Å². The highest BCUT2D eigenvalue weighted by Crippen LogP contribution is 2.19. The van der Waals surface area contributed by atoms with E-state index in [9.17, 15) is 21.6 Å². The van der Waals surface area contributed by atoms with E-state index in [1.165, 1.54) is 0 Å². The number of nitrogens with one attached hydrogen (secondary N) is 2. The van der Waals surface area contributed by atoms with Crippen LogP contribution in [0.1, 0.15) is 13.8 Å². The summed E-state index contributed by atoms with van der Waals surface area (Å²) in [5.41, 5.74) is 0. The molecule has 0 aromatic heterocycles. The first-order chi connectivity index (χ1) is 7.04. The number of alkyl halides is 3. The predicted molar refractivity (Wildman–Crippen MR) is 51.8 cm³/mol. The summed E-state index contributed by atoms with van der Waals surface area (Å²) in [6, 6.07) is 0. The summed E-state index contributed by atoms with van der Waals surface area (Å²) in [4.78, 5) is 0. The van der Waals surface area contributed by atoms with Crippen molar-refractivity contribution in [2.45, 2.75) is 26.1 Å². The van der Waals surface area contributed by atoms with Gasteiger partial charge in [-0.3, -0.25) is 0 Å². The topological polar surface area (TPSA) is 78.4 Å². The summed E-state index contributed by atoms with van der Waals surface area (Å²) in [7, 11) is -3.99. The van der Waals surface area contributed by atoms with E-state index >= 15 is 0 Å². The smallest absolute Gasteiger partial charge is 0.382 e. The number of halogens is 3. The van der Waals surface area contributed by atoms with Crippen LogP contribution in [-0.4, -0.2) is 38.9 Å². The van der Waals surface area contributed by atoms with Crippen molar-refractivity contribution in [1.29, 1.82) is 0 Å². The minimum absolute atomic E-state index is 0.0316. The quantitative estimate of drug-likeness (QED) is 0.631. The molecule has 0 fully saturated rings. The molecule has 0 heterocycles. The lowest BCUT2D eigenvalue weighted by Crippen LogP contribution is -2.45. The molecule has 0 aliphatic rings. The Morgan fingerprint density at radius 3 is 2.00 bits per heavy atom. The van der Waals surface area contributed by atoms with Gasteiger partial charge in [-0.15, -0.1) is 0 Å². The molecule has 0 saturated heterocycles. The van der Waals surface area contributed by atoms with Gasteiger partial charge < -0.3 is 5.11 Å². The molecule has 3 N–H and O–H groups in total. The highest BCUT2D eigenvalue weighted by molar-refractivity contribution is 7.87. The van der Waals surface area contributed by atoms with Crippen molar-refractivity contribution in [2.24, 2.45) is 5.92 Å². The fourth-order valence-corrected chi connectivity index (χ4v) is 1.66. The lowest BCUT2D eigenvalue weighted by Gasteiger charge is -2.15. The highest BCUT2D eigenvalue weighted by atomic mass is 32.2. The Labute approximate surface area is 92.2 Å². The van der Waals surface area contributed by atoms with Crippen LogP contribution in [0.3, 0.4) is 0 Å². The second kappa shape index (κ2) is 5.80. The van der Waals surface area contributed by atoms with Gasteiger partial charge in [0, 0.05) is 13.1 Å². The Balaban J connectivity index is 4.10. The third-order valence-corrected chi connectivity index (χ3v) is 2.62. The maximum Gasteiger partial charge on any atom is 0.415 e. The van der Waals surface area contributed by atoms with Crippen LogP contribution >= 0.6 is 0 Å². The number of aliphatic hydroxyl groups is 1. The van der Waals surface area contributed by atoms with E-state index in [0.29, 0.717) is 0 Å². The molecule has 0 aromatic carbocycles. The molecule has 0 radical (unpaired) electrons. The number of aliphatic hydroxyl groups excluding tert-OH is 1. The van der Waals surface area contributed by atoms with Crippen molar-refractivity contribution in [3.05, 3.63) is 0 Å². The van der Waals surface area contributed by atoms with Gasteiger partial charge in [-0.05, 0) is 5.92 Å². The van der Waals surface area contributed by atoms with Crippen molar-refractivity contribution < 1.29 is 26.7 Å². The van der Waals surface area contributed by atoms with Crippen LogP contribution in [0.15, 0.2) is 0 Å². The van der Waals surface area contributed by atoms with Gasteiger partial charge in [-0.1, -0.05) is 13.8 Å². The SMILES string of the molecule is CC(C)CNS(=O)(=O)NCC(O)C(F)(F)F. The molecule has 98 valence electrons. The van der Waals surface area contributed by atoms with Gasteiger partial charge in [0.05, 0.1) is 0 Å². The molecule has 0 aromatic rings. The fraction of sp³-hybridized carbons (Fsp3) is 1.00. The Morgan fingerprint density at radius 1 is 1.19 bits per heavy atom. The average molecular weight is 264 g/mol. The van der Waals surface area contributed by atoms with Crippen LogP contribution in [-0.2, 0) is 10.2 Å². The number of rotatable bonds is 6. The standard InChI is InChI=1S/C7H15F3N2O3S/c1-5(2)3-11-16(14,15)12-4-6(13)7(8,9)10/h5-6,11-13H,3-4H2,1-2H3. The van der Waals surface area contributed by atoms with Crippen molar-refractivity contribution >= 4 is 10.2 Å². The number of hydrogen-bond donors (Lipinski definition) is 3. The van der Waals surface area contributed by atoms with Gasteiger partial charge in [0.25, 0.3) is 10.2 Å². The normalized spacial score (nSPS) is 15.4. The van der Waals surface area contributed by atoms with Crippen LogP contribution in [0.25, 0.3) is 0 Å². The largest absolute Gasteiger partial charge is 0.415 e. The third-order valence-electron chi connectivity index (χ3n) is 1.53. The summed E-state index contributed by atoms with van der Waals surface area (Å²) in [6.07, 6.45) is -7.54. The van der Waals surface area contributed by atoms with E-state index in [0.717, 1.165) is 0 Å². The van der Waals surface area contributed by atoms with Gasteiger partial charge in [-0.25, -0.2) is 4.72 Å². The minimum atomic E-state index is -4.83. The Hall–Kier alpha value is -0.380. The minimum Gasteiger partial charge on any atom is -0.382 e. The summed E-state index contributed by atoms with van der Waals surface area (Å²) in [5.74, 6) is 0.0316. The van der Waals surface area contributed by atoms with Gasteiger partial charge in [0.2, 0.25) is 0 Å². The van der Waals surface area contributed by atoms with E-state index in [1.807, 2.05) is 4.72 Å². The van der Waals surface area contributed by atoms with Crippen LogP contribution < -0.4 is 9.44 Å². The number of hydrogen-bond acceptors (Lipinski definition) is 3. The Bertz CT molecular complexity index is 302. The molecular formula is C7H15F3N2O3S. The zero-order chi connectivity index (χ0) is 13.0. The van der Waals surface area contributed by atoms with Crippen LogP contribution in [0.5, 0.6) is 0 Å². The Kier molecular flexibility index (Phi) is 5.66. The summed E-state index contributed by atoms with van der Waals surface area (Å²) >= 11 is 0. The second-order valence-electron chi connectivity index (χ2n) is 3.65. The molecule has 9 heteroatoms. The van der Waals surface area contributed by atoms with Gasteiger partial charge in [0.15, 0.2) is 6.10 Å². The molecule has 1 unspecified atom stereocenters. The second-order valence-corrected chi connectivity index (χ2v) is 5.24. The average Bonchev–Trinajstić information content (AvgIpc) is 2.10. The van der Waals surface area contributed by atoms with Crippen LogP contribution in [0, 0.1) is 5.92 Å². The van der Waals surface area contributed by atoms with Gasteiger partial charge in [-0.2, -0.15) is 26.3 Å². The van der Waals surface area contributed by atoms with Crippen molar-refractivity contribution in [1.82, 2.24) is 9.44 Å². The molecule has 0 amide bonds. The summed E-state index contributed by atoms with van der Waals surface area (Å²) in [5, 5.41) is 8.55. The zero-order valence-corrected chi connectivity index (χ0v) is 9.69. The fourth-order valence-electron chi connectivity index (χ4n) is 0.632. The maximum atomic E-state index is 11.8. The molecule has 5 nitrogen and oxygen atoms in total. The molecule has 0 aliphatic carbocycles. The molecule has 0 spiro atoms. The highest BCUT2D eigenvalue weighted by Gasteiger charge is 2.38. The first-order valence-electron chi connectivity index (χ1n) is 4.53. The Morgan fingerprint density at radius 2 is 1.62 bits per heavy atom. The summed E-state index contributed by atoms with van der Waals surface area (Å²) < 4.78 is 61.3. The lowest BCUT2D eigenvalue weighted by molar-refractivity contribution is -0.200. The molecule has 16 heavy (non-hydrogen) atoms. The lowest BCUT2D eigenvalue weighted by atomic mass is 10.2. The monoisotopic (exact) mass is 264 g/mol. The van der Waals surface area contributed by atoms with E-state index in [-0.39, 0.29) is 12.5 Å². The molecule has 0 bridgehead atoms. The molecule has 0 rings (SSSR count). The van der Waals surface area contributed by atoms with E-state index < -0.39 is 29.0 Å². The zero-order valence-electron chi connectivity index (χ0n) is 8.87. The first-order valence-corrected chi connectivity index (χ1v) is 6.02. The van der Waals surface area contributed by atoms with Gasteiger partial charge in [0.1, 0.15) is 0 Å². The van der Waals surface area contributed by atoms with Gasteiger partial charge >= 0.3 is 6.18 Å². The van der Waals surface area contributed by atoms with Crippen molar-refractivity contribution in [3.63, 3.8) is 0 Å². The molecular weight excluding hydrogens is 249 g/mol. The third kappa shape index (κ3) is 6.99. The molecule has 0 saturated carbocycles. The van der Waals surface area contributed by atoms with Crippen molar-refractivity contribution in [3.8, 4) is 0 Å². The molecule has 1 atom stereocenters. The van der Waals surface area contributed by atoms with Crippen LogP contribution in [0.4, 0.5) is 13.2 Å². The van der Waals surface area contributed by atoms with Crippen LogP contribution in [0.2, 0.25) is 0 Å². The van der Waals surface area contributed by atoms with E-state index in [1.54, 1.807) is 18.6 Å².